The summed E-state index contributed by atoms with van der Waals surface area (Å²) in [6, 6.07) is 0.899. The van der Waals surface area contributed by atoms with E-state index in [0.717, 1.165) is 51.4 Å². The van der Waals surface area contributed by atoms with Crippen LogP contribution in [0.4, 0.5) is 0 Å². The predicted molar refractivity (Wildman–Crippen MR) is 107 cm³/mol. The van der Waals surface area contributed by atoms with Crippen molar-refractivity contribution >= 4 is 11.7 Å². The summed E-state index contributed by atoms with van der Waals surface area (Å²) in [6.45, 7) is 12.6. The molecule has 150 valence electrons. The van der Waals surface area contributed by atoms with Crippen LogP contribution in [0.25, 0.3) is 0 Å². The standard InChI is InChI=1S/C22H40N2O2/c1-21(2,3)19(25)15-7-9-16(10-8-15)20(26)23-17-11-13-18(14-12-17)24-22(4,5)6/h15-18,24H,7-14H2,1-6H3,(H,23,26). The second kappa shape index (κ2) is 8.41. The number of amides is 1. The number of ketones is 1. The van der Waals surface area contributed by atoms with Gasteiger partial charge in [0.2, 0.25) is 5.91 Å². The molecule has 0 aromatic heterocycles. The van der Waals surface area contributed by atoms with Gasteiger partial charge in [0.15, 0.2) is 0 Å². The minimum atomic E-state index is -0.264. The molecule has 4 heteroatoms. The van der Waals surface area contributed by atoms with Gasteiger partial charge in [-0.3, -0.25) is 9.59 Å². The third-order valence-electron chi connectivity index (χ3n) is 5.92. The summed E-state index contributed by atoms with van der Waals surface area (Å²) in [5.41, 5.74) is -0.108. The van der Waals surface area contributed by atoms with Gasteiger partial charge in [0.1, 0.15) is 5.78 Å². The number of rotatable bonds is 4. The quantitative estimate of drug-likeness (QED) is 0.785. The Morgan fingerprint density at radius 1 is 0.692 bits per heavy atom. The van der Waals surface area contributed by atoms with Gasteiger partial charge in [-0.15, -0.1) is 0 Å². The highest BCUT2D eigenvalue weighted by Crippen LogP contribution is 2.34. The Labute approximate surface area is 160 Å². The van der Waals surface area contributed by atoms with Gasteiger partial charge in [-0.05, 0) is 72.1 Å². The zero-order valence-corrected chi connectivity index (χ0v) is 17.8. The van der Waals surface area contributed by atoms with E-state index in [1.165, 1.54) is 0 Å². The smallest absolute Gasteiger partial charge is 0.223 e. The number of Topliss-reactive ketones (excluding diaryl/α,β-unsaturated/α-hetero) is 1. The van der Waals surface area contributed by atoms with Gasteiger partial charge in [0, 0.05) is 34.9 Å². The van der Waals surface area contributed by atoms with E-state index in [2.05, 4.69) is 31.4 Å². The van der Waals surface area contributed by atoms with Gasteiger partial charge in [-0.2, -0.15) is 0 Å². The van der Waals surface area contributed by atoms with E-state index in [1.807, 2.05) is 20.8 Å². The van der Waals surface area contributed by atoms with E-state index in [1.54, 1.807) is 0 Å². The first-order chi connectivity index (χ1) is 12.0. The summed E-state index contributed by atoms with van der Waals surface area (Å²) in [5.74, 6) is 0.835. The number of hydrogen-bond acceptors (Lipinski definition) is 3. The lowest BCUT2D eigenvalue weighted by atomic mass is 9.73. The molecule has 0 saturated heterocycles. The highest BCUT2D eigenvalue weighted by molar-refractivity contribution is 5.86. The molecule has 0 aromatic carbocycles. The highest BCUT2D eigenvalue weighted by atomic mass is 16.2. The topological polar surface area (TPSA) is 58.2 Å². The molecule has 0 atom stereocenters. The van der Waals surface area contributed by atoms with E-state index >= 15 is 0 Å². The lowest BCUT2D eigenvalue weighted by Gasteiger charge is -2.35. The van der Waals surface area contributed by atoms with E-state index < -0.39 is 0 Å². The first-order valence-corrected chi connectivity index (χ1v) is 10.6. The number of carbonyl (C=O) groups is 2. The second-order valence-electron chi connectivity index (χ2n) is 10.6. The molecule has 2 saturated carbocycles. The Balaban J connectivity index is 1.72. The molecular formula is C22H40N2O2. The van der Waals surface area contributed by atoms with Crippen LogP contribution in [0.2, 0.25) is 0 Å². The van der Waals surface area contributed by atoms with Gasteiger partial charge in [0.05, 0.1) is 0 Å². The summed E-state index contributed by atoms with van der Waals surface area (Å²) >= 11 is 0. The summed E-state index contributed by atoms with van der Waals surface area (Å²) in [4.78, 5) is 25.1. The summed E-state index contributed by atoms with van der Waals surface area (Å²) in [5, 5.41) is 6.97. The normalized spacial score (nSPS) is 30.7. The Kier molecular flexibility index (Phi) is 6.92. The Morgan fingerprint density at radius 3 is 1.62 bits per heavy atom. The number of hydrogen-bond donors (Lipinski definition) is 2. The van der Waals surface area contributed by atoms with E-state index in [9.17, 15) is 9.59 Å². The van der Waals surface area contributed by atoms with E-state index in [-0.39, 0.29) is 28.7 Å². The highest BCUT2D eigenvalue weighted by Gasteiger charge is 2.35. The van der Waals surface area contributed by atoms with Crippen molar-refractivity contribution in [1.29, 1.82) is 0 Å². The fraction of sp³-hybridized carbons (Fsp3) is 0.909. The van der Waals surface area contributed by atoms with Crippen molar-refractivity contribution in [2.45, 2.75) is 111 Å². The first-order valence-electron chi connectivity index (χ1n) is 10.6. The van der Waals surface area contributed by atoms with Crippen LogP contribution in [0.5, 0.6) is 0 Å². The third kappa shape index (κ3) is 6.37. The summed E-state index contributed by atoms with van der Waals surface area (Å²) in [7, 11) is 0. The first kappa shape index (κ1) is 21.4. The molecule has 26 heavy (non-hydrogen) atoms. The van der Waals surface area contributed by atoms with Crippen LogP contribution in [0.15, 0.2) is 0 Å². The molecule has 2 rings (SSSR count). The molecule has 2 aliphatic rings. The largest absolute Gasteiger partial charge is 0.353 e. The van der Waals surface area contributed by atoms with Crippen LogP contribution in [0.1, 0.15) is 92.9 Å². The number of nitrogens with one attached hydrogen (secondary N) is 2. The maximum atomic E-state index is 12.6. The maximum Gasteiger partial charge on any atom is 0.223 e. The predicted octanol–water partition coefficient (Wildman–Crippen LogP) is 4.22. The molecule has 0 radical (unpaired) electrons. The van der Waals surface area contributed by atoms with Crippen molar-refractivity contribution in [2.24, 2.45) is 17.3 Å². The molecule has 2 aliphatic carbocycles. The minimum absolute atomic E-state index is 0.101. The molecule has 0 aliphatic heterocycles. The molecule has 1 amide bonds. The number of carbonyl (C=O) groups excluding carboxylic acids is 2. The van der Waals surface area contributed by atoms with Crippen molar-refractivity contribution in [3.05, 3.63) is 0 Å². The van der Waals surface area contributed by atoms with Crippen LogP contribution in [-0.4, -0.2) is 29.3 Å². The van der Waals surface area contributed by atoms with Crippen molar-refractivity contribution in [1.82, 2.24) is 10.6 Å². The molecule has 0 bridgehead atoms. The Bertz CT molecular complexity index is 485. The fourth-order valence-electron chi connectivity index (χ4n) is 4.54. The molecule has 0 unspecified atom stereocenters. The molecule has 4 nitrogen and oxygen atoms in total. The SMILES string of the molecule is CC(C)(C)NC1CCC(NC(=O)C2CCC(C(=O)C(C)(C)C)CC2)CC1. The van der Waals surface area contributed by atoms with Gasteiger partial charge >= 0.3 is 0 Å². The monoisotopic (exact) mass is 364 g/mol. The summed E-state index contributed by atoms with van der Waals surface area (Å²) < 4.78 is 0. The summed E-state index contributed by atoms with van der Waals surface area (Å²) in [6.07, 6.45) is 7.87. The fourth-order valence-corrected chi connectivity index (χ4v) is 4.54. The third-order valence-corrected chi connectivity index (χ3v) is 5.92. The van der Waals surface area contributed by atoms with Gasteiger partial charge in [-0.1, -0.05) is 20.8 Å². The van der Waals surface area contributed by atoms with Crippen molar-refractivity contribution < 1.29 is 9.59 Å². The van der Waals surface area contributed by atoms with Gasteiger partial charge < -0.3 is 10.6 Å². The van der Waals surface area contributed by atoms with Crippen LogP contribution in [0.3, 0.4) is 0 Å². The zero-order valence-electron chi connectivity index (χ0n) is 17.8. The molecular weight excluding hydrogens is 324 g/mol. The van der Waals surface area contributed by atoms with Crippen LogP contribution < -0.4 is 10.6 Å². The van der Waals surface area contributed by atoms with Crippen LogP contribution >= 0.6 is 0 Å². The molecule has 0 aromatic rings. The van der Waals surface area contributed by atoms with Crippen molar-refractivity contribution in [3.63, 3.8) is 0 Å². The minimum Gasteiger partial charge on any atom is -0.353 e. The van der Waals surface area contributed by atoms with Gasteiger partial charge in [0.25, 0.3) is 0 Å². The van der Waals surface area contributed by atoms with Crippen molar-refractivity contribution in [3.8, 4) is 0 Å². The molecule has 0 spiro atoms. The van der Waals surface area contributed by atoms with E-state index in [4.69, 9.17) is 0 Å². The lowest BCUT2D eigenvalue weighted by molar-refractivity contribution is -0.134. The van der Waals surface area contributed by atoms with Crippen LogP contribution in [-0.2, 0) is 9.59 Å². The Hall–Kier alpha value is -0.900. The Morgan fingerprint density at radius 2 is 1.15 bits per heavy atom. The average molecular weight is 365 g/mol. The zero-order chi connectivity index (χ0) is 19.5. The van der Waals surface area contributed by atoms with Crippen molar-refractivity contribution in [2.75, 3.05) is 0 Å². The van der Waals surface area contributed by atoms with Crippen LogP contribution in [0, 0.1) is 17.3 Å². The second-order valence-corrected chi connectivity index (χ2v) is 10.6. The maximum absolute atomic E-state index is 12.6. The molecule has 2 fully saturated rings. The molecule has 0 heterocycles. The van der Waals surface area contributed by atoms with E-state index in [0.29, 0.717) is 17.9 Å². The molecule has 2 N–H and O–H groups in total. The average Bonchev–Trinajstić information content (AvgIpc) is 2.54. The lowest BCUT2D eigenvalue weighted by Crippen LogP contribution is -2.49. The van der Waals surface area contributed by atoms with Gasteiger partial charge in [-0.25, -0.2) is 0 Å².